The van der Waals surface area contributed by atoms with Gasteiger partial charge in [-0.2, -0.15) is 0 Å². The van der Waals surface area contributed by atoms with Crippen LogP contribution in [-0.2, 0) is 17.9 Å². The van der Waals surface area contributed by atoms with Crippen LogP contribution in [0.3, 0.4) is 0 Å². The van der Waals surface area contributed by atoms with Gasteiger partial charge >= 0.3 is 0 Å². The second-order valence-corrected chi connectivity index (χ2v) is 9.51. The molecule has 3 heterocycles. The Balaban J connectivity index is 1.29. The number of hydrogen-bond donors (Lipinski definition) is 1. The first kappa shape index (κ1) is 20.5. The fraction of sp³-hybridized carbons (Fsp3) is 0.167. The summed E-state index contributed by atoms with van der Waals surface area (Å²) < 4.78 is 2.62. The maximum absolute atomic E-state index is 13.1. The van der Waals surface area contributed by atoms with E-state index in [9.17, 15) is 9.59 Å². The Hall–Kier alpha value is -3.36. The average Bonchev–Trinajstić information content (AvgIpc) is 3.42. The van der Waals surface area contributed by atoms with Gasteiger partial charge in [-0.3, -0.25) is 14.2 Å². The molecule has 0 atom stereocenters. The number of aromatic nitrogens is 3. The van der Waals surface area contributed by atoms with Crippen molar-refractivity contribution in [3.63, 3.8) is 0 Å². The third kappa shape index (κ3) is 4.06. The molecule has 0 aliphatic carbocycles. The lowest BCUT2D eigenvalue weighted by atomic mass is 10.1. The third-order valence-electron chi connectivity index (χ3n) is 5.28. The van der Waals surface area contributed by atoms with E-state index in [1.54, 1.807) is 11.3 Å². The van der Waals surface area contributed by atoms with Crippen molar-refractivity contribution in [2.75, 3.05) is 0 Å². The number of amides is 1. The number of nitrogens with zero attached hydrogens (tertiary/aromatic N) is 3. The number of carbonyl (C=O) groups excluding carboxylic acids is 1. The lowest BCUT2D eigenvalue weighted by Gasteiger charge is -2.07. The molecule has 6 nitrogen and oxygen atoms in total. The molecule has 3 aromatic heterocycles. The molecule has 2 aromatic carbocycles. The molecular formula is C24H20N4O2S2. The summed E-state index contributed by atoms with van der Waals surface area (Å²) >= 11 is 3.03. The minimum absolute atomic E-state index is 0.120. The molecule has 32 heavy (non-hydrogen) atoms. The van der Waals surface area contributed by atoms with Crippen LogP contribution in [0.1, 0.15) is 17.0 Å². The zero-order chi connectivity index (χ0) is 22.1. The highest BCUT2D eigenvalue weighted by atomic mass is 32.1. The SMILES string of the molecule is Cc1ccc(-c2csc3ncn(CCC(=O)NCc4nc5ccccc5s4)c(=O)c23)cc1. The van der Waals surface area contributed by atoms with Crippen LogP contribution >= 0.6 is 22.7 Å². The van der Waals surface area contributed by atoms with Gasteiger partial charge in [0.1, 0.15) is 9.84 Å². The topological polar surface area (TPSA) is 76.9 Å². The smallest absolute Gasteiger partial charge is 0.262 e. The highest BCUT2D eigenvalue weighted by molar-refractivity contribution is 7.18. The Bertz CT molecular complexity index is 1450. The lowest BCUT2D eigenvalue weighted by Crippen LogP contribution is -2.27. The molecule has 160 valence electrons. The monoisotopic (exact) mass is 460 g/mol. The molecule has 5 aromatic rings. The van der Waals surface area contributed by atoms with E-state index in [-0.39, 0.29) is 24.4 Å². The highest BCUT2D eigenvalue weighted by Crippen LogP contribution is 2.30. The summed E-state index contributed by atoms with van der Waals surface area (Å²) in [7, 11) is 0. The fourth-order valence-corrected chi connectivity index (χ4v) is 5.37. The predicted octanol–water partition coefficient (Wildman–Crippen LogP) is 4.75. The van der Waals surface area contributed by atoms with Gasteiger partial charge in [-0.25, -0.2) is 9.97 Å². The maximum atomic E-state index is 13.1. The van der Waals surface area contributed by atoms with Gasteiger partial charge in [0.05, 0.1) is 28.5 Å². The Morgan fingerprint density at radius 3 is 2.75 bits per heavy atom. The molecule has 0 aliphatic heterocycles. The number of thiophene rings is 1. The van der Waals surface area contributed by atoms with Gasteiger partial charge in [0.15, 0.2) is 0 Å². The van der Waals surface area contributed by atoms with Crippen LogP contribution in [0.15, 0.2) is 65.0 Å². The molecule has 0 fully saturated rings. The van der Waals surface area contributed by atoms with Crippen LogP contribution in [-0.4, -0.2) is 20.4 Å². The minimum atomic E-state index is -0.125. The minimum Gasteiger partial charge on any atom is -0.350 e. The predicted molar refractivity (Wildman–Crippen MR) is 130 cm³/mol. The first-order chi connectivity index (χ1) is 15.6. The number of carbonyl (C=O) groups is 1. The summed E-state index contributed by atoms with van der Waals surface area (Å²) in [5.74, 6) is -0.125. The molecule has 8 heteroatoms. The van der Waals surface area contributed by atoms with Crippen molar-refractivity contribution in [1.82, 2.24) is 19.9 Å². The highest BCUT2D eigenvalue weighted by Gasteiger charge is 2.14. The Labute approximate surface area is 192 Å². The van der Waals surface area contributed by atoms with Crippen molar-refractivity contribution in [3.05, 3.63) is 81.2 Å². The fourth-order valence-electron chi connectivity index (χ4n) is 3.55. The number of rotatable bonds is 6. The summed E-state index contributed by atoms with van der Waals surface area (Å²) in [6.45, 7) is 2.69. The second-order valence-electron chi connectivity index (χ2n) is 7.54. The number of hydrogen-bond acceptors (Lipinski definition) is 6. The third-order valence-corrected chi connectivity index (χ3v) is 7.20. The first-order valence-corrected chi connectivity index (χ1v) is 11.9. The van der Waals surface area contributed by atoms with Crippen LogP contribution in [0.4, 0.5) is 0 Å². The Kier molecular flexibility index (Phi) is 5.55. The normalized spacial score (nSPS) is 11.3. The van der Waals surface area contributed by atoms with Crippen molar-refractivity contribution in [2.24, 2.45) is 0 Å². The zero-order valence-corrected chi connectivity index (χ0v) is 19.0. The number of aryl methyl sites for hydroxylation is 2. The van der Waals surface area contributed by atoms with E-state index in [1.165, 1.54) is 27.8 Å². The van der Waals surface area contributed by atoms with E-state index < -0.39 is 0 Å². The maximum Gasteiger partial charge on any atom is 0.262 e. The van der Waals surface area contributed by atoms with E-state index in [4.69, 9.17) is 0 Å². The van der Waals surface area contributed by atoms with Crippen LogP contribution < -0.4 is 10.9 Å². The largest absolute Gasteiger partial charge is 0.350 e. The molecular weight excluding hydrogens is 440 g/mol. The average molecular weight is 461 g/mol. The van der Waals surface area contributed by atoms with E-state index in [2.05, 4.69) is 15.3 Å². The molecule has 0 radical (unpaired) electrons. The number of fused-ring (bicyclic) bond motifs is 2. The van der Waals surface area contributed by atoms with E-state index in [0.717, 1.165) is 26.4 Å². The van der Waals surface area contributed by atoms with Crippen LogP contribution in [0.25, 0.3) is 31.6 Å². The summed E-state index contributed by atoms with van der Waals surface area (Å²) in [4.78, 5) is 35.2. The van der Waals surface area contributed by atoms with Crippen LogP contribution in [0.2, 0.25) is 0 Å². The van der Waals surface area contributed by atoms with Gasteiger partial charge in [-0.1, -0.05) is 42.0 Å². The zero-order valence-electron chi connectivity index (χ0n) is 17.4. The number of thiazole rings is 1. The van der Waals surface area contributed by atoms with Gasteiger partial charge < -0.3 is 5.32 Å². The van der Waals surface area contributed by atoms with Gasteiger partial charge in [-0.05, 0) is 24.6 Å². The molecule has 5 rings (SSSR count). The van der Waals surface area contributed by atoms with E-state index >= 15 is 0 Å². The molecule has 1 amide bonds. The second kappa shape index (κ2) is 8.64. The summed E-state index contributed by atoms with van der Waals surface area (Å²) in [5, 5.41) is 6.34. The van der Waals surface area contributed by atoms with Crippen molar-refractivity contribution in [3.8, 4) is 11.1 Å². The van der Waals surface area contributed by atoms with Crippen molar-refractivity contribution < 1.29 is 4.79 Å². The van der Waals surface area contributed by atoms with Crippen molar-refractivity contribution in [1.29, 1.82) is 0 Å². The van der Waals surface area contributed by atoms with Gasteiger partial charge in [0.25, 0.3) is 5.56 Å². The molecule has 0 spiro atoms. The number of nitrogens with one attached hydrogen (secondary N) is 1. The molecule has 0 bridgehead atoms. The summed E-state index contributed by atoms with van der Waals surface area (Å²) in [6.07, 6.45) is 1.73. The first-order valence-electron chi connectivity index (χ1n) is 10.2. The summed E-state index contributed by atoms with van der Waals surface area (Å²) in [5.41, 5.74) is 3.86. The number of benzene rings is 2. The van der Waals surface area contributed by atoms with Gasteiger partial charge in [-0.15, -0.1) is 22.7 Å². The van der Waals surface area contributed by atoms with Gasteiger partial charge in [0, 0.05) is 23.9 Å². The molecule has 0 saturated heterocycles. The Morgan fingerprint density at radius 2 is 1.94 bits per heavy atom. The lowest BCUT2D eigenvalue weighted by molar-refractivity contribution is -0.121. The Morgan fingerprint density at radius 1 is 1.12 bits per heavy atom. The standard InChI is InChI=1S/C24H20N4O2S2/c1-15-6-8-16(9-7-15)17-13-31-23-22(17)24(30)28(14-26-23)11-10-20(29)25-12-21-27-18-4-2-3-5-19(18)32-21/h2-9,13-14H,10-12H2,1H3,(H,25,29). The van der Waals surface area contributed by atoms with Crippen LogP contribution in [0.5, 0.6) is 0 Å². The van der Waals surface area contributed by atoms with E-state index in [0.29, 0.717) is 16.8 Å². The van der Waals surface area contributed by atoms with Crippen molar-refractivity contribution in [2.45, 2.75) is 26.4 Å². The molecule has 1 N–H and O–H groups in total. The molecule has 0 unspecified atom stereocenters. The number of para-hydroxylation sites is 1. The van der Waals surface area contributed by atoms with Crippen molar-refractivity contribution >= 4 is 49.0 Å². The summed E-state index contributed by atoms with van der Waals surface area (Å²) in [6, 6.07) is 16.0. The quantitative estimate of drug-likeness (QED) is 0.397. The van der Waals surface area contributed by atoms with Gasteiger partial charge in [0.2, 0.25) is 5.91 Å². The van der Waals surface area contributed by atoms with Crippen LogP contribution in [0, 0.1) is 6.92 Å². The van der Waals surface area contributed by atoms with E-state index in [1.807, 2.05) is 60.8 Å². The molecule has 0 saturated carbocycles. The molecule has 0 aliphatic rings.